The quantitative estimate of drug-likeness (QED) is 0.646. The third-order valence-corrected chi connectivity index (χ3v) is 2.71. The van der Waals surface area contributed by atoms with E-state index in [1.54, 1.807) is 12.1 Å². The van der Waals surface area contributed by atoms with Crippen LogP contribution in [-0.4, -0.2) is 21.1 Å². The van der Waals surface area contributed by atoms with Crippen molar-refractivity contribution in [1.82, 2.24) is 0 Å². The molecular formula is C14H11NO6. The number of nitro groups is 1. The average molecular weight is 289 g/mol. The van der Waals surface area contributed by atoms with Crippen LogP contribution in [0.25, 0.3) is 0 Å². The van der Waals surface area contributed by atoms with E-state index in [1.165, 1.54) is 12.1 Å². The first-order valence-corrected chi connectivity index (χ1v) is 5.90. The summed E-state index contributed by atoms with van der Waals surface area (Å²) in [6, 6.07) is 9.54. The van der Waals surface area contributed by atoms with Gasteiger partial charge in [0, 0.05) is 12.1 Å². The minimum absolute atomic E-state index is 0.0295. The van der Waals surface area contributed by atoms with E-state index in [1.807, 2.05) is 0 Å². The van der Waals surface area contributed by atoms with Crippen LogP contribution in [0.5, 0.6) is 11.5 Å². The summed E-state index contributed by atoms with van der Waals surface area (Å²) in [4.78, 5) is 21.2. The normalized spacial score (nSPS) is 10.1. The van der Waals surface area contributed by atoms with Crippen LogP contribution in [-0.2, 0) is 6.61 Å². The molecule has 108 valence electrons. The first-order chi connectivity index (χ1) is 9.97. The Morgan fingerprint density at radius 2 is 2.00 bits per heavy atom. The smallest absolute Gasteiger partial charge is 0.335 e. The van der Waals surface area contributed by atoms with Gasteiger partial charge in [0.05, 0.1) is 10.5 Å². The molecule has 2 N–H and O–H groups in total. The largest absolute Gasteiger partial charge is 0.508 e. The van der Waals surface area contributed by atoms with Crippen molar-refractivity contribution in [3.05, 3.63) is 63.7 Å². The molecular weight excluding hydrogens is 278 g/mol. The lowest BCUT2D eigenvalue weighted by atomic mass is 10.2. The van der Waals surface area contributed by atoms with Crippen LogP contribution in [0.3, 0.4) is 0 Å². The molecule has 7 nitrogen and oxygen atoms in total. The SMILES string of the molecule is O=C(O)c1ccc([N+](=O)[O-])c(OCc2cccc(O)c2)c1. The molecule has 0 saturated carbocycles. The van der Waals surface area contributed by atoms with Crippen LogP contribution in [0.15, 0.2) is 42.5 Å². The highest BCUT2D eigenvalue weighted by Crippen LogP contribution is 2.29. The number of phenolic OH excluding ortho intramolecular Hbond substituents is 1. The summed E-state index contributed by atoms with van der Waals surface area (Å²) in [5, 5.41) is 29.1. The van der Waals surface area contributed by atoms with E-state index < -0.39 is 10.9 Å². The molecule has 0 bridgehead atoms. The maximum atomic E-state index is 10.9. The van der Waals surface area contributed by atoms with E-state index in [9.17, 15) is 20.0 Å². The number of phenols is 1. The second-order valence-electron chi connectivity index (χ2n) is 4.20. The van der Waals surface area contributed by atoms with Gasteiger partial charge < -0.3 is 14.9 Å². The third-order valence-electron chi connectivity index (χ3n) is 2.71. The molecule has 2 rings (SSSR count). The number of nitrogens with zero attached hydrogens (tertiary/aromatic N) is 1. The third kappa shape index (κ3) is 3.47. The lowest BCUT2D eigenvalue weighted by Gasteiger charge is -2.08. The van der Waals surface area contributed by atoms with Crippen molar-refractivity contribution in [1.29, 1.82) is 0 Å². The fourth-order valence-corrected chi connectivity index (χ4v) is 1.72. The molecule has 0 amide bonds. The Balaban J connectivity index is 2.26. The molecule has 0 atom stereocenters. The highest BCUT2D eigenvalue weighted by Gasteiger charge is 2.18. The highest BCUT2D eigenvalue weighted by atomic mass is 16.6. The van der Waals surface area contributed by atoms with Crippen molar-refractivity contribution in [2.45, 2.75) is 6.61 Å². The monoisotopic (exact) mass is 289 g/mol. The molecule has 0 saturated heterocycles. The van der Waals surface area contributed by atoms with Crippen molar-refractivity contribution in [2.75, 3.05) is 0 Å². The van der Waals surface area contributed by atoms with Gasteiger partial charge in [0.1, 0.15) is 12.4 Å². The number of rotatable bonds is 5. The Bertz CT molecular complexity index is 698. The number of nitro benzene ring substituents is 1. The number of carboxylic acid groups (broad SMARTS) is 1. The Morgan fingerprint density at radius 3 is 2.62 bits per heavy atom. The van der Waals surface area contributed by atoms with Crippen LogP contribution in [0, 0.1) is 10.1 Å². The van der Waals surface area contributed by atoms with Crippen molar-refractivity contribution in [2.24, 2.45) is 0 Å². The van der Waals surface area contributed by atoms with E-state index in [-0.39, 0.29) is 29.4 Å². The maximum absolute atomic E-state index is 10.9. The molecule has 0 aliphatic carbocycles. The first kappa shape index (κ1) is 14.3. The molecule has 2 aromatic rings. The van der Waals surface area contributed by atoms with Crippen LogP contribution >= 0.6 is 0 Å². The number of aromatic carboxylic acids is 1. The summed E-state index contributed by atoms with van der Waals surface area (Å²) >= 11 is 0. The van der Waals surface area contributed by atoms with E-state index >= 15 is 0 Å². The summed E-state index contributed by atoms with van der Waals surface area (Å²) in [6.45, 7) is -0.0295. The number of hydrogen-bond donors (Lipinski definition) is 2. The van der Waals surface area contributed by atoms with Gasteiger partial charge in [0.15, 0.2) is 5.75 Å². The van der Waals surface area contributed by atoms with Crippen LogP contribution in [0.2, 0.25) is 0 Å². The summed E-state index contributed by atoms with van der Waals surface area (Å²) in [6.07, 6.45) is 0. The van der Waals surface area contributed by atoms with E-state index in [2.05, 4.69) is 0 Å². The number of benzene rings is 2. The second kappa shape index (κ2) is 5.91. The Labute approximate surface area is 119 Å². The van der Waals surface area contributed by atoms with Gasteiger partial charge in [-0.25, -0.2) is 4.79 Å². The molecule has 0 unspecified atom stereocenters. The Kier molecular flexibility index (Phi) is 4.03. The standard InChI is InChI=1S/C14H11NO6/c16-11-3-1-2-9(6-11)8-21-13-7-10(14(17)18)4-5-12(13)15(19)20/h1-7,16H,8H2,(H,17,18). The van der Waals surface area contributed by atoms with Crippen molar-refractivity contribution in [3.63, 3.8) is 0 Å². The van der Waals surface area contributed by atoms with Crippen LogP contribution < -0.4 is 4.74 Å². The summed E-state index contributed by atoms with van der Waals surface area (Å²) < 4.78 is 5.31. The molecule has 21 heavy (non-hydrogen) atoms. The zero-order valence-corrected chi connectivity index (χ0v) is 10.7. The molecule has 2 aromatic carbocycles. The van der Waals surface area contributed by atoms with Gasteiger partial charge in [-0.3, -0.25) is 10.1 Å². The predicted octanol–water partition coefficient (Wildman–Crippen LogP) is 2.58. The number of hydrogen-bond acceptors (Lipinski definition) is 5. The van der Waals surface area contributed by atoms with Gasteiger partial charge in [0.25, 0.3) is 0 Å². The van der Waals surface area contributed by atoms with Crippen molar-refractivity contribution >= 4 is 11.7 Å². The molecule has 0 aromatic heterocycles. The average Bonchev–Trinajstić information content (AvgIpc) is 2.44. The minimum Gasteiger partial charge on any atom is -0.508 e. The maximum Gasteiger partial charge on any atom is 0.335 e. The molecule has 0 aliphatic heterocycles. The fourth-order valence-electron chi connectivity index (χ4n) is 1.72. The summed E-state index contributed by atoms with van der Waals surface area (Å²) in [5.74, 6) is -1.29. The van der Waals surface area contributed by atoms with Gasteiger partial charge in [0.2, 0.25) is 0 Å². The highest BCUT2D eigenvalue weighted by molar-refractivity contribution is 5.88. The van der Waals surface area contributed by atoms with Gasteiger partial charge >= 0.3 is 11.7 Å². The van der Waals surface area contributed by atoms with Crippen molar-refractivity contribution in [3.8, 4) is 11.5 Å². The topological polar surface area (TPSA) is 110 Å². The molecule has 0 heterocycles. The number of carbonyl (C=O) groups is 1. The lowest BCUT2D eigenvalue weighted by Crippen LogP contribution is -2.02. The summed E-state index contributed by atoms with van der Waals surface area (Å²) in [5.41, 5.74) is 0.177. The van der Waals surface area contributed by atoms with Gasteiger partial charge in [-0.05, 0) is 23.8 Å². The lowest BCUT2D eigenvalue weighted by molar-refractivity contribution is -0.385. The van der Waals surface area contributed by atoms with E-state index in [0.717, 1.165) is 18.2 Å². The molecule has 0 aliphatic rings. The molecule has 0 fully saturated rings. The Hall–Kier alpha value is -3.09. The molecule has 0 spiro atoms. The number of aromatic hydroxyl groups is 1. The molecule has 0 radical (unpaired) electrons. The molecule has 7 heteroatoms. The summed E-state index contributed by atoms with van der Waals surface area (Å²) in [7, 11) is 0. The van der Waals surface area contributed by atoms with Gasteiger partial charge in [-0.15, -0.1) is 0 Å². The Morgan fingerprint density at radius 1 is 1.24 bits per heavy atom. The first-order valence-electron chi connectivity index (χ1n) is 5.90. The number of ether oxygens (including phenoxy) is 1. The van der Waals surface area contributed by atoms with E-state index in [4.69, 9.17) is 9.84 Å². The van der Waals surface area contributed by atoms with Crippen LogP contribution in [0.1, 0.15) is 15.9 Å². The van der Waals surface area contributed by atoms with Gasteiger partial charge in [-0.1, -0.05) is 12.1 Å². The van der Waals surface area contributed by atoms with E-state index in [0.29, 0.717) is 5.56 Å². The zero-order valence-electron chi connectivity index (χ0n) is 10.7. The van der Waals surface area contributed by atoms with Gasteiger partial charge in [-0.2, -0.15) is 0 Å². The van der Waals surface area contributed by atoms with Crippen molar-refractivity contribution < 1.29 is 24.7 Å². The predicted molar refractivity (Wildman–Crippen MR) is 72.5 cm³/mol. The van der Waals surface area contributed by atoms with Crippen LogP contribution in [0.4, 0.5) is 5.69 Å². The second-order valence-corrected chi connectivity index (χ2v) is 4.20. The zero-order chi connectivity index (χ0) is 15.4. The minimum atomic E-state index is -1.20. The fraction of sp³-hybridized carbons (Fsp3) is 0.0714. The number of carboxylic acids is 1.